The van der Waals surface area contributed by atoms with Crippen LogP contribution in [0.5, 0.6) is 0 Å². The minimum Gasteiger partial charge on any atom is -0.302 e. The fourth-order valence-electron chi connectivity index (χ4n) is 0.523. The van der Waals surface area contributed by atoms with E-state index in [0.717, 1.165) is 0 Å². The lowest BCUT2D eigenvalue weighted by atomic mass is 10.5. The minimum atomic E-state index is -5.43. The molecule has 0 amide bonds. The highest BCUT2D eigenvalue weighted by atomic mass is 79.9. The molecule has 0 aliphatic carbocycles. The van der Waals surface area contributed by atoms with Gasteiger partial charge in [-0.1, -0.05) is 31.9 Å². The molecule has 0 aliphatic heterocycles. The summed E-state index contributed by atoms with van der Waals surface area (Å²) >= 11 is 6.02. The number of rotatable bonds is 8. The highest BCUT2D eigenvalue weighted by molar-refractivity contribution is 9.12. The van der Waals surface area contributed by atoms with Crippen molar-refractivity contribution in [1.82, 2.24) is 0 Å². The van der Waals surface area contributed by atoms with Gasteiger partial charge in [-0.25, -0.2) is 13.7 Å². The third-order valence-electron chi connectivity index (χ3n) is 1.00. The van der Waals surface area contributed by atoms with Gasteiger partial charge in [0.2, 0.25) is 0 Å². The summed E-state index contributed by atoms with van der Waals surface area (Å²) in [6.45, 7) is -0.366. The minimum absolute atomic E-state index is 0.350. The Kier molecular flexibility index (Phi) is 7.96. The number of phosphoric acid groups is 3. The molecule has 15 heteroatoms. The largest absolute Gasteiger partial charge is 0.490 e. The number of hydrogen-bond donors (Lipinski definition) is 4. The van der Waals surface area contributed by atoms with Crippen molar-refractivity contribution in [3.05, 3.63) is 0 Å². The van der Waals surface area contributed by atoms with Crippen LogP contribution in [0.4, 0.5) is 0 Å². The molecule has 0 heterocycles. The van der Waals surface area contributed by atoms with E-state index in [1.165, 1.54) is 0 Å². The third-order valence-corrected chi connectivity index (χ3v) is 7.04. The van der Waals surface area contributed by atoms with Crippen LogP contribution in [-0.2, 0) is 26.8 Å². The van der Waals surface area contributed by atoms with Crippen molar-refractivity contribution < 1.29 is 46.4 Å². The van der Waals surface area contributed by atoms with E-state index in [0.29, 0.717) is 5.33 Å². The number of alkyl halides is 2. The van der Waals surface area contributed by atoms with Gasteiger partial charge < -0.3 is 19.6 Å². The SMILES string of the molecule is O=P(O)(O)OP(=O)(O)OP(=O)(O)OCC(Br)CBr. The predicted molar refractivity (Wildman–Crippen MR) is 66.3 cm³/mol. The van der Waals surface area contributed by atoms with E-state index < -0.39 is 23.5 Å². The first kappa shape index (κ1) is 19.4. The highest BCUT2D eigenvalue weighted by Crippen LogP contribution is 2.66. The van der Waals surface area contributed by atoms with Crippen LogP contribution in [0.3, 0.4) is 0 Å². The van der Waals surface area contributed by atoms with E-state index in [1.807, 2.05) is 0 Å². The Hall–Kier alpha value is 1.37. The Morgan fingerprint density at radius 3 is 1.89 bits per heavy atom. The van der Waals surface area contributed by atoms with Crippen LogP contribution in [0, 0.1) is 0 Å². The zero-order valence-electron chi connectivity index (χ0n) is 8.33. The van der Waals surface area contributed by atoms with Crippen LogP contribution in [0.15, 0.2) is 0 Å². The second kappa shape index (κ2) is 7.40. The number of halogens is 2. The van der Waals surface area contributed by atoms with Gasteiger partial charge in [0.1, 0.15) is 0 Å². The van der Waals surface area contributed by atoms with E-state index in [1.54, 1.807) is 0 Å². The molecule has 0 saturated heterocycles. The van der Waals surface area contributed by atoms with Gasteiger partial charge in [-0.15, -0.1) is 0 Å². The quantitative estimate of drug-likeness (QED) is 0.310. The molecule has 18 heavy (non-hydrogen) atoms. The third kappa shape index (κ3) is 10.2. The summed E-state index contributed by atoms with van der Waals surface area (Å²) in [5, 5.41) is 0.350. The topological polar surface area (TPSA) is 160 Å². The Morgan fingerprint density at radius 1 is 1.00 bits per heavy atom. The van der Waals surface area contributed by atoms with E-state index in [9.17, 15) is 13.7 Å². The number of hydrogen-bond acceptors (Lipinski definition) is 6. The first-order valence-corrected chi connectivity index (χ1v) is 10.4. The van der Waals surface area contributed by atoms with Gasteiger partial charge in [0.05, 0.1) is 6.61 Å². The summed E-state index contributed by atoms with van der Waals surface area (Å²) in [5.74, 6) is 0. The van der Waals surface area contributed by atoms with Crippen LogP contribution in [0.2, 0.25) is 0 Å². The molecular formula is C3H9Br2O10P3. The van der Waals surface area contributed by atoms with Crippen molar-refractivity contribution in [1.29, 1.82) is 0 Å². The van der Waals surface area contributed by atoms with Gasteiger partial charge in [-0.05, 0) is 0 Å². The zero-order chi connectivity index (χ0) is 14.6. The molecule has 0 rings (SSSR count). The Morgan fingerprint density at radius 2 is 1.50 bits per heavy atom. The second-order valence-corrected chi connectivity index (χ2v) is 9.00. The molecular weight excluding hydrogens is 449 g/mol. The molecule has 110 valence electrons. The maximum Gasteiger partial charge on any atom is 0.490 e. The summed E-state index contributed by atoms with van der Waals surface area (Å²) in [6.07, 6.45) is 0. The summed E-state index contributed by atoms with van der Waals surface area (Å²) in [5.41, 5.74) is 0. The smallest absolute Gasteiger partial charge is 0.302 e. The van der Waals surface area contributed by atoms with Crippen molar-refractivity contribution in [2.24, 2.45) is 0 Å². The van der Waals surface area contributed by atoms with E-state index in [4.69, 9.17) is 19.6 Å². The molecule has 3 atom stereocenters. The fraction of sp³-hybridized carbons (Fsp3) is 1.00. The van der Waals surface area contributed by atoms with Crippen LogP contribution in [-0.4, -0.2) is 36.3 Å². The molecule has 0 aromatic heterocycles. The van der Waals surface area contributed by atoms with Gasteiger partial charge in [0, 0.05) is 10.2 Å². The van der Waals surface area contributed by atoms with Crippen molar-refractivity contribution in [2.75, 3.05) is 11.9 Å². The normalized spacial score (nSPS) is 21.0. The summed E-state index contributed by atoms with van der Waals surface area (Å²) in [4.78, 5) is 33.9. The van der Waals surface area contributed by atoms with Gasteiger partial charge in [0.15, 0.2) is 0 Å². The molecule has 0 bridgehead atoms. The molecule has 0 aliphatic rings. The van der Waals surface area contributed by atoms with Crippen molar-refractivity contribution >= 4 is 55.3 Å². The maximum absolute atomic E-state index is 11.1. The molecule has 0 saturated carbocycles. The molecule has 0 fully saturated rings. The Labute approximate surface area is 118 Å². The molecule has 4 N–H and O–H groups in total. The summed E-state index contributed by atoms with van der Waals surface area (Å²) in [6, 6.07) is 0. The molecule has 0 aromatic carbocycles. The van der Waals surface area contributed by atoms with Gasteiger partial charge in [-0.2, -0.15) is 8.62 Å². The first-order valence-electron chi connectivity index (χ1n) is 3.85. The molecule has 3 unspecified atom stereocenters. The standard InChI is InChI=1S/C3H9Br2O10P3/c4-1-3(5)2-13-17(9,10)15-18(11,12)14-16(6,7)8/h3H,1-2H2,(H,9,10)(H,11,12)(H2,6,7,8). The number of phosphoric ester groups is 1. The molecule has 0 aromatic rings. The lowest BCUT2D eigenvalue weighted by Gasteiger charge is -2.16. The van der Waals surface area contributed by atoms with E-state index in [2.05, 4.69) is 45.0 Å². The summed E-state index contributed by atoms with van der Waals surface area (Å²) < 4.78 is 43.6. The average Bonchev–Trinajstić information content (AvgIpc) is 2.08. The van der Waals surface area contributed by atoms with Gasteiger partial charge in [0.25, 0.3) is 0 Å². The van der Waals surface area contributed by atoms with E-state index >= 15 is 0 Å². The first-order chi connectivity index (χ1) is 7.87. The van der Waals surface area contributed by atoms with Crippen LogP contribution >= 0.6 is 55.3 Å². The fourth-order valence-corrected chi connectivity index (χ4v) is 4.11. The zero-order valence-corrected chi connectivity index (χ0v) is 14.2. The summed E-state index contributed by atoms with van der Waals surface area (Å²) in [7, 11) is -15.8. The lowest BCUT2D eigenvalue weighted by Crippen LogP contribution is -2.09. The molecule has 0 radical (unpaired) electrons. The van der Waals surface area contributed by atoms with Gasteiger partial charge in [-0.3, -0.25) is 4.52 Å². The predicted octanol–water partition coefficient (Wildman–Crippen LogP) is 1.49. The molecule has 10 nitrogen and oxygen atoms in total. The van der Waals surface area contributed by atoms with Crippen molar-refractivity contribution in [2.45, 2.75) is 4.83 Å². The van der Waals surface area contributed by atoms with E-state index in [-0.39, 0.29) is 11.4 Å². The average molecular weight is 458 g/mol. The maximum atomic E-state index is 11.1. The Balaban J connectivity index is 4.52. The second-order valence-electron chi connectivity index (χ2n) is 2.64. The van der Waals surface area contributed by atoms with Gasteiger partial charge >= 0.3 is 23.5 Å². The van der Waals surface area contributed by atoms with Crippen molar-refractivity contribution in [3.8, 4) is 0 Å². The van der Waals surface area contributed by atoms with Crippen LogP contribution in [0.25, 0.3) is 0 Å². The molecule has 0 spiro atoms. The lowest BCUT2D eigenvalue weighted by molar-refractivity contribution is 0.174. The van der Waals surface area contributed by atoms with Crippen LogP contribution < -0.4 is 0 Å². The Bertz CT molecular complexity index is 405. The van der Waals surface area contributed by atoms with Crippen molar-refractivity contribution in [3.63, 3.8) is 0 Å². The highest BCUT2D eigenvalue weighted by Gasteiger charge is 2.40. The monoisotopic (exact) mass is 456 g/mol. The van der Waals surface area contributed by atoms with Crippen LogP contribution in [0.1, 0.15) is 0 Å².